The van der Waals surface area contributed by atoms with E-state index in [2.05, 4.69) is 0 Å². The van der Waals surface area contributed by atoms with Crippen molar-refractivity contribution in [3.63, 3.8) is 0 Å². The number of sulfone groups is 2. The van der Waals surface area contributed by atoms with Gasteiger partial charge in [0.15, 0.2) is 19.7 Å². The molecule has 0 radical (unpaired) electrons. The number of fused-ring (bicyclic) bond motifs is 8. The maximum Gasteiger partial charge on any atom is 0.380 e. The molecule has 4 aromatic rings. The molecule has 0 aromatic heterocycles. The van der Waals surface area contributed by atoms with Gasteiger partial charge in [0.2, 0.25) is 0 Å². The largest absolute Gasteiger partial charge is 0.380 e. The van der Waals surface area contributed by atoms with Crippen molar-refractivity contribution in [3.05, 3.63) is 107 Å². The summed E-state index contributed by atoms with van der Waals surface area (Å²) < 4.78 is 186. The molecule has 0 amide bonds. The second-order valence-electron chi connectivity index (χ2n) is 15.6. The maximum atomic E-state index is 16.5. The molecule has 4 aromatic carbocycles. The van der Waals surface area contributed by atoms with Crippen LogP contribution >= 0.6 is 0 Å². The minimum atomic E-state index is -6.10. The Hall–Kier alpha value is -4.29. The first-order chi connectivity index (χ1) is 26.2. The summed E-state index contributed by atoms with van der Waals surface area (Å²) in [5, 5.41) is 0. The fraction of sp³-hybridized carbons (Fsp3) is 0.300. The van der Waals surface area contributed by atoms with E-state index in [9.17, 15) is 13.0 Å². The minimum Gasteiger partial charge on any atom is -0.298 e. The molecule has 1 saturated carbocycles. The van der Waals surface area contributed by atoms with Gasteiger partial charge in [-0.05, 0) is 106 Å². The van der Waals surface area contributed by atoms with Gasteiger partial charge in [-0.15, -0.1) is 0 Å². The van der Waals surface area contributed by atoms with Gasteiger partial charge in [-0.3, -0.25) is 9.04 Å². The lowest BCUT2D eigenvalue weighted by molar-refractivity contribution is -0.257. The highest BCUT2D eigenvalue weighted by Crippen LogP contribution is 2.77. The Labute approximate surface area is 325 Å². The lowest BCUT2D eigenvalue weighted by atomic mass is 9.65. The molecule has 2 aliphatic carbocycles. The Kier molecular flexibility index (Phi) is 7.95. The molecule has 300 valence electrons. The number of allylic oxidation sites excluding steroid dienone is 2. The second-order valence-corrected chi connectivity index (χ2v) is 21.3. The highest BCUT2D eigenvalue weighted by atomic mass is 32.2. The van der Waals surface area contributed by atoms with Crippen molar-refractivity contribution in [2.75, 3.05) is 21.1 Å². The van der Waals surface area contributed by atoms with Crippen molar-refractivity contribution >= 4 is 46.6 Å². The van der Waals surface area contributed by atoms with Gasteiger partial charge in [0, 0.05) is 11.1 Å². The van der Waals surface area contributed by atoms with E-state index in [1.807, 2.05) is 21.1 Å². The molecule has 2 heterocycles. The monoisotopic (exact) mass is 850 g/mol. The highest BCUT2D eigenvalue weighted by molar-refractivity contribution is 7.98. The molecule has 1 N–H and O–H groups in total. The van der Waals surface area contributed by atoms with Crippen LogP contribution in [0.25, 0.3) is 33.4 Å². The minimum absolute atomic E-state index is 0.0426. The molecule has 2 atom stereocenters. The van der Waals surface area contributed by atoms with E-state index in [1.54, 1.807) is 24.3 Å². The zero-order valence-corrected chi connectivity index (χ0v) is 33.3. The molecule has 57 heavy (non-hydrogen) atoms. The van der Waals surface area contributed by atoms with Crippen LogP contribution in [0.15, 0.2) is 111 Å². The normalized spacial score (nSPS) is 25.8. The predicted octanol–water partition coefficient (Wildman–Crippen LogP) is 8.48. The summed E-state index contributed by atoms with van der Waals surface area (Å²) in [5.74, 6) is -17.4. The molecule has 2 aliphatic heterocycles. The first-order valence-corrected chi connectivity index (χ1v) is 22.0. The van der Waals surface area contributed by atoms with E-state index in [1.165, 1.54) is 38.1 Å². The fourth-order valence-corrected chi connectivity index (χ4v) is 15.9. The summed E-state index contributed by atoms with van der Waals surface area (Å²) in [6, 6.07) is 18.2. The summed E-state index contributed by atoms with van der Waals surface area (Å²) in [6.45, 7) is 2.40. The zero-order valence-electron chi connectivity index (χ0n) is 30.8. The average molecular weight is 851 g/mol. The third kappa shape index (κ3) is 4.49. The maximum absolute atomic E-state index is 16.5. The Morgan fingerprint density at radius 1 is 0.561 bits per heavy atom. The summed E-state index contributed by atoms with van der Waals surface area (Å²) in [4.78, 5) is -1.91. The highest BCUT2D eigenvalue weighted by Gasteiger charge is 2.88. The molecule has 0 saturated heterocycles. The SMILES string of the molecule is CCC12C(=C3C(=C4c5ccc(-c6ccc(S(=O)(=O)O)cc6)cc5S(=O)(=O)C41CC)C(F)(F)C(F)(F)C3(F)F)c1ccc(-c3ccc([N+](C)(C)C)cc3)cc1S2(=O)=O. The van der Waals surface area contributed by atoms with E-state index in [-0.39, 0.29) is 16.7 Å². The zero-order chi connectivity index (χ0) is 41.9. The number of nitrogens with zero attached hydrogens (tertiary/aromatic N) is 1. The molecule has 0 spiro atoms. The van der Waals surface area contributed by atoms with Crippen molar-refractivity contribution in [1.82, 2.24) is 4.48 Å². The van der Waals surface area contributed by atoms with Gasteiger partial charge in [0.1, 0.15) is 15.2 Å². The smallest absolute Gasteiger partial charge is 0.298 e. The van der Waals surface area contributed by atoms with Crippen molar-refractivity contribution in [3.8, 4) is 22.3 Å². The van der Waals surface area contributed by atoms with Crippen LogP contribution < -0.4 is 4.48 Å². The Balaban J connectivity index is 1.48. The van der Waals surface area contributed by atoms with Crippen molar-refractivity contribution < 1.29 is 56.1 Å². The van der Waals surface area contributed by atoms with Crippen LogP contribution in [-0.2, 0) is 29.8 Å². The standard InChI is InChI=1S/C40H33F6NO7S3/c1-6-36-32(28-18-12-24(20-30(28)55(36,48)49)22-8-14-26(15-9-22)47(3,4)5)34-35(39(43,44)40(45,46)38(34,41)42)33-29-19-13-25(21-31(29)56(50,51)37(33,36)7-2)23-10-16-27(17-11-23)57(52,53)54/h8-21H,6-7H2,1-5H3/p+1. The number of quaternary nitrogens is 1. The van der Waals surface area contributed by atoms with E-state index < -0.39 is 118 Å². The van der Waals surface area contributed by atoms with E-state index in [4.69, 9.17) is 0 Å². The summed E-state index contributed by atoms with van der Waals surface area (Å²) >= 11 is 0. The third-order valence-electron chi connectivity index (χ3n) is 12.1. The Morgan fingerprint density at radius 2 is 0.912 bits per heavy atom. The Bertz CT molecular complexity index is 2880. The number of alkyl halides is 6. The van der Waals surface area contributed by atoms with Gasteiger partial charge >= 0.3 is 17.8 Å². The van der Waals surface area contributed by atoms with E-state index in [0.717, 1.165) is 42.1 Å². The Morgan fingerprint density at radius 3 is 1.25 bits per heavy atom. The lowest BCUT2D eigenvalue weighted by Gasteiger charge is -2.49. The van der Waals surface area contributed by atoms with Gasteiger partial charge in [-0.2, -0.15) is 34.8 Å². The fourth-order valence-electron chi connectivity index (χ4n) is 9.47. The van der Waals surface area contributed by atoms with Gasteiger partial charge in [0.25, 0.3) is 10.1 Å². The molecule has 8 rings (SSSR count). The second kappa shape index (κ2) is 11.5. The average Bonchev–Trinajstić information content (AvgIpc) is 3.52. The van der Waals surface area contributed by atoms with Crippen LogP contribution in [0.1, 0.15) is 37.8 Å². The quantitative estimate of drug-likeness (QED) is 0.117. The van der Waals surface area contributed by atoms with Crippen LogP contribution in [0.4, 0.5) is 32.0 Å². The molecule has 2 unspecified atom stereocenters. The van der Waals surface area contributed by atoms with Crippen LogP contribution in [-0.4, -0.2) is 78.2 Å². The number of hydrogen-bond acceptors (Lipinski definition) is 6. The first-order valence-electron chi connectivity index (χ1n) is 17.6. The summed E-state index contributed by atoms with van der Waals surface area (Å²) in [5.41, 5.74) is -5.42. The van der Waals surface area contributed by atoms with Crippen molar-refractivity contribution in [2.24, 2.45) is 0 Å². The molecular weight excluding hydrogens is 817 g/mol. The van der Waals surface area contributed by atoms with Crippen molar-refractivity contribution in [1.29, 1.82) is 0 Å². The third-order valence-corrected chi connectivity index (χ3v) is 18.4. The van der Waals surface area contributed by atoms with Crippen LogP contribution in [0.3, 0.4) is 0 Å². The number of benzene rings is 4. The molecule has 1 fully saturated rings. The van der Waals surface area contributed by atoms with E-state index >= 15 is 43.2 Å². The topological polar surface area (TPSA) is 123 Å². The lowest BCUT2D eigenvalue weighted by Crippen LogP contribution is -2.62. The summed E-state index contributed by atoms with van der Waals surface area (Å²) in [7, 11) is -9.35. The number of halogens is 6. The summed E-state index contributed by atoms with van der Waals surface area (Å²) in [6.07, 6.45) is -1.59. The predicted molar refractivity (Wildman–Crippen MR) is 202 cm³/mol. The van der Waals surface area contributed by atoms with Crippen molar-refractivity contribution in [2.45, 2.75) is 68.6 Å². The van der Waals surface area contributed by atoms with Gasteiger partial charge in [-0.25, -0.2) is 16.8 Å². The van der Waals surface area contributed by atoms with Crippen LogP contribution in [0, 0.1) is 0 Å². The first kappa shape index (κ1) is 39.5. The molecule has 4 aliphatic rings. The van der Waals surface area contributed by atoms with Gasteiger partial charge in [-0.1, -0.05) is 50.2 Å². The van der Waals surface area contributed by atoms with Crippen LogP contribution in [0.5, 0.6) is 0 Å². The number of rotatable bonds is 6. The molecule has 17 heteroatoms. The molecule has 8 nitrogen and oxygen atoms in total. The van der Waals surface area contributed by atoms with Gasteiger partial charge in [0.05, 0.1) is 35.8 Å². The van der Waals surface area contributed by atoms with Gasteiger partial charge < -0.3 is 0 Å². The molecule has 0 bridgehead atoms. The molecular formula is C40H34F6NO7S3+. The van der Waals surface area contributed by atoms with Crippen LogP contribution in [0.2, 0.25) is 0 Å². The number of hydrogen-bond donors (Lipinski definition) is 1. The van der Waals surface area contributed by atoms with E-state index in [0.29, 0.717) is 10.0 Å².